The zero-order valence-electron chi connectivity index (χ0n) is 12.7. The van der Waals surface area contributed by atoms with E-state index in [-0.39, 0.29) is 0 Å². The Kier molecular flexibility index (Phi) is 5.14. The number of likely N-dealkylation sites (tertiary alicyclic amines) is 1. The number of thiophene rings is 1. The van der Waals surface area contributed by atoms with Crippen LogP contribution in [0.2, 0.25) is 0 Å². The molecule has 0 spiro atoms. The van der Waals surface area contributed by atoms with Gasteiger partial charge in [-0.2, -0.15) is 0 Å². The van der Waals surface area contributed by atoms with Crippen molar-refractivity contribution in [2.75, 3.05) is 26.7 Å². The van der Waals surface area contributed by atoms with Crippen molar-refractivity contribution in [3.05, 3.63) is 22.4 Å². The summed E-state index contributed by atoms with van der Waals surface area (Å²) in [6.07, 6.45) is 8.44. The third kappa shape index (κ3) is 3.63. The Morgan fingerprint density at radius 3 is 2.65 bits per heavy atom. The molecule has 2 nitrogen and oxygen atoms in total. The minimum atomic E-state index is 0.622. The summed E-state index contributed by atoms with van der Waals surface area (Å²) < 4.78 is 0. The topological polar surface area (TPSA) is 15.3 Å². The highest BCUT2D eigenvalue weighted by Crippen LogP contribution is 2.37. The van der Waals surface area contributed by atoms with Gasteiger partial charge < -0.3 is 10.2 Å². The third-order valence-electron chi connectivity index (χ3n) is 5.19. The first-order valence-electron chi connectivity index (χ1n) is 8.28. The van der Waals surface area contributed by atoms with Crippen LogP contribution in [0.1, 0.15) is 49.4 Å². The van der Waals surface area contributed by atoms with Gasteiger partial charge in [-0.15, -0.1) is 11.3 Å². The van der Waals surface area contributed by atoms with E-state index in [2.05, 4.69) is 34.8 Å². The lowest BCUT2D eigenvalue weighted by Gasteiger charge is -2.31. The van der Waals surface area contributed by atoms with Gasteiger partial charge in [0.1, 0.15) is 0 Å². The fraction of sp³-hybridized carbons (Fsp3) is 0.765. The third-order valence-corrected chi connectivity index (χ3v) is 6.14. The second-order valence-corrected chi connectivity index (χ2v) is 7.67. The number of nitrogens with zero attached hydrogens (tertiary/aromatic N) is 1. The maximum absolute atomic E-state index is 3.94. The van der Waals surface area contributed by atoms with Crippen molar-refractivity contribution in [2.24, 2.45) is 11.8 Å². The van der Waals surface area contributed by atoms with Crippen LogP contribution in [0, 0.1) is 11.8 Å². The Hall–Kier alpha value is -0.380. The van der Waals surface area contributed by atoms with Crippen LogP contribution >= 0.6 is 11.3 Å². The van der Waals surface area contributed by atoms with Crippen LogP contribution in [0.15, 0.2) is 17.5 Å². The van der Waals surface area contributed by atoms with Crippen molar-refractivity contribution in [3.63, 3.8) is 0 Å². The Labute approximate surface area is 127 Å². The van der Waals surface area contributed by atoms with Gasteiger partial charge in [-0.3, -0.25) is 0 Å². The normalized spacial score (nSPS) is 24.2. The zero-order valence-corrected chi connectivity index (χ0v) is 13.5. The molecule has 20 heavy (non-hydrogen) atoms. The monoisotopic (exact) mass is 292 g/mol. The maximum Gasteiger partial charge on any atom is 0.0443 e. The Bertz CT molecular complexity index is 376. The van der Waals surface area contributed by atoms with Crippen molar-refractivity contribution in [1.82, 2.24) is 10.2 Å². The smallest absolute Gasteiger partial charge is 0.0443 e. The molecule has 0 amide bonds. The molecule has 1 aromatic rings. The summed E-state index contributed by atoms with van der Waals surface area (Å²) >= 11 is 1.93. The summed E-state index contributed by atoms with van der Waals surface area (Å²) in [7, 11) is 2.25. The summed E-state index contributed by atoms with van der Waals surface area (Å²) in [6, 6.07) is 5.16. The lowest BCUT2D eigenvalue weighted by atomic mass is 9.93. The van der Waals surface area contributed by atoms with Gasteiger partial charge in [-0.1, -0.05) is 18.9 Å². The molecule has 112 valence electrons. The summed E-state index contributed by atoms with van der Waals surface area (Å²) in [5, 5.41) is 6.17. The molecule has 1 aromatic heterocycles. The van der Waals surface area contributed by atoms with Crippen LogP contribution in [0.5, 0.6) is 0 Å². The predicted molar refractivity (Wildman–Crippen MR) is 87.2 cm³/mol. The minimum absolute atomic E-state index is 0.622. The number of piperidine rings is 1. The summed E-state index contributed by atoms with van der Waals surface area (Å²) in [5.74, 6) is 1.76. The highest BCUT2D eigenvalue weighted by atomic mass is 32.1. The molecule has 1 saturated heterocycles. The lowest BCUT2D eigenvalue weighted by molar-refractivity contribution is 0.207. The average molecular weight is 292 g/mol. The van der Waals surface area contributed by atoms with Gasteiger partial charge in [0.15, 0.2) is 0 Å². The minimum Gasteiger partial charge on any atom is -0.309 e. The van der Waals surface area contributed by atoms with E-state index in [9.17, 15) is 0 Å². The van der Waals surface area contributed by atoms with Gasteiger partial charge in [-0.05, 0) is 75.6 Å². The van der Waals surface area contributed by atoms with Crippen LogP contribution in [0.3, 0.4) is 0 Å². The van der Waals surface area contributed by atoms with E-state index >= 15 is 0 Å². The Balaban J connectivity index is 1.56. The lowest BCUT2D eigenvalue weighted by Crippen LogP contribution is -2.37. The first kappa shape index (κ1) is 14.6. The molecule has 3 heteroatoms. The van der Waals surface area contributed by atoms with Gasteiger partial charge in [-0.25, -0.2) is 0 Å². The number of hydrogen-bond acceptors (Lipinski definition) is 3. The second kappa shape index (κ2) is 7.06. The molecular weight excluding hydrogens is 264 g/mol. The van der Waals surface area contributed by atoms with Crippen molar-refractivity contribution in [1.29, 1.82) is 0 Å². The van der Waals surface area contributed by atoms with Crippen LogP contribution in [0.4, 0.5) is 0 Å². The molecule has 1 atom stereocenters. The van der Waals surface area contributed by atoms with Gasteiger partial charge in [0.2, 0.25) is 0 Å². The maximum atomic E-state index is 3.94. The number of hydrogen-bond donors (Lipinski definition) is 1. The molecule has 2 fully saturated rings. The number of rotatable bonds is 5. The summed E-state index contributed by atoms with van der Waals surface area (Å²) in [4.78, 5) is 4.02. The molecule has 0 radical (unpaired) electrons. The average Bonchev–Trinajstić information content (AvgIpc) is 3.14. The van der Waals surface area contributed by atoms with E-state index in [1.54, 1.807) is 4.88 Å². The zero-order chi connectivity index (χ0) is 13.8. The fourth-order valence-electron chi connectivity index (χ4n) is 3.82. The second-order valence-electron chi connectivity index (χ2n) is 6.69. The van der Waals surface area contributed by atoms with E-state index in [0.29, 0.717) is 6.04 Å². The highest BCUT2D eigenvalue weighted by molar-refractivity contribution is 7.10. The predicted octanol–water partition coefficient (Wildman–Crippen LogP) is 3.91. The van der Waals surface area contributed by atoms with Gasteiger partial charge in [0.25, 0.3) is 0 Å². The molecular formula is C17H28N2S. The van der Waals surface area contributed by atoms with E-state index < -0.39 is 0 Å². The molecule has 2 aliphatic rings. The van der Waals surface area contributed by atoms with Gasteiger partial charge >= 0.3 is 0 Å². The Morgan fingerprint density at radius 2 is 2.00 bits per heavy atom. The molecule has 0 aromatic carbocycles. The molecule has 1 aliphatic carbocycles. The van der Waals surface area contributed by atoms with Crippen molar-refractivity contribution in [2.45, 2.75) is 44.6 Å². The fourth-order valence-corrected chi connectivity index (χ4v) is 4.71. The highest BCUT2D eigenvalue weighted by Gasteiger charge is 2.27. The van der Waals surface area contributed by atoms with Gasteiger partial charge in [0, 0.05) is 10.9 Å². The largest absolute Gasteiger partial charge is 0.309 e. The summed E-state index contributed by atoms with van der Waals surface area (Å²) in [6.45, 7) is 3.77. The van der Waals surface area contributed by atoms with Crippen molar-refractivity contribution in [3.8, 4) is 0 Å². The molecule has 0 bridgehead atoms. The first-order valence-corrected chi connectivity index (χ1v) is 9.16. The van der Waals surface area contributed by atoms with Crippen molar-refractivity contribution >= 4 is 11.3 Å². The van der Waals surface area contributed by atoms with E-state index in [4.69, 9.17) is 0 Å². The first-order chi connectivity index (χ1) is 9.83. The van der Waals surface area contributed by atoms with Crippen LogP contribution in [-0.2, 0) is 0 Å². The summed E-state index contributed by atoms with van der Waals surface area (Å²) in [5.41, 5.74) is 0. The molecule has 1 saturated carbocycles. The van der Waals surface area contributed by atoms with Crippen LogP contribution in [0.25, 0.3) is 0 Å². The van der Waals surface area contributed by atoms with Crippen LogP contribution in [-0.4, -0.2) is 31.6 Å². The van der Waals surface area contributed by atoms with E-state index in [1.807, 2.05) is 11.3 Å². The SMILES string of the molecule is CN1CCC(CNC(c2cccs2)C2CCCC2)CC1. The Morgan fingerprint density at radius 1 is 1.25 bits per heavy atom. The molecule has 1 N–H and O–H groups in total. The molecule has 3 rings (SSSR count). The molecule has 2 heterocycles. The number of nitrogens with one attached hydrogen (secondary N) is 1. The van der Waals surface area contributed by atoms with Crippen molar-refractivity contribution < 1.29 is 0 Å². The standard InChI is InChI=1S/C17H28N2S/c1-19-10-8-14(9-11-19)13-18-17(15-5-2-3-6-15)16-7-4-12-20-16/h4,7,12,14-15,17-18H,2-3,5-6,8-11,13H2,1H3. The molecule has 1 unspecified atom stereocenters. The van der Waals surface area contributed by atoms with Crippen LogP contribution < -0.4 is 5.32 Å². The quantitative estimate of drug-likeness (QED) is 0.885. The molecule has 1 aliphatic heterocycles. The van der Waals surface area contributed by atoms with Gasteiger partial charge in [0.05, 0.1) is 0 Å². The van der Waals surface area contributed by atoms with E-state index in [0.717, 1.165) is 11.8 Å². The van der Waals surface area contributed by atoms with E-state index in [1.165, 1.54) is 58.2 Å².